The van der Waals surface area contributed by atoms with Crippen LogP contribution in [-0.4, -0.2) is 5.92 Å². The van der Waals surface area contributed by atoms with Crippen LogP contribution in [-0.2, 0) is 20.9 Å². The topological polar surface area (TPSA) is 0 Å². The van der Waals surface area contributed by atoms with Crippen LogP contribution in [0.25, 0.3) is 0 Å². The van der Waals surface area contributed by atoms with Gasteiger partial charge in [0.2, 0.25) is 0 Å². The van der Waals surface area contributed by atoms with E-state index in [1.807, 2.05) is 17.7 Å². The molecule has 0 radical (unpaired) electrons. The van der Waals surface area contributed by atoms with Gasteiger partial charge in [0.05, 0.1) is 0 Å². The zero-order valence-corrected chi connectivity index (χ0v) is 23.0. The van der Waals surface area contributed by atoms with Gasteiger partial charge in [-0.3, -0.25) is 0 Å². The van der Waals surface area contributed by atoms with Crippen LogP contribution < -0.4 is 0 Å². The minimum absolute atomic E-state index is 0. The van der Waals surface area contributed by atoms with Crippen LogP contribution in [0.2, 0.25) is 13.1 Å². The van der Waals surface area contributed by atoms with E-state index in [4.69, 9.17) is 0 Å². The molecule has 2 aliphatic rings. The van der Waals surface area contributed by atoms with Crippen LogP contribution >= 0.6 is 24.8 Å². The molecule has 26 heavy (non-hydrogen) atoms. The monoisotopic (exact) mass is 491 g/mol. The fourth-order valence-corrected chi connectivity index (χ4v) is 25.1. The van der Waals surface area contributed by atoms with Crippen LogP contribution in [0.3, 0.4) is 0 Å². The first kappa shape index (κ1) is 26.6. The van der Waals surface area contributed by atoms with E-state index in [0.717, 1.165) is 0 Å². The molecule has 0 N–H and O–H groups in total. The predicted octanol–water partition coefficient (Wildman–Crippen LogP) is 8.02. The minimum Gasteiger partial charge on any atom is -0.147 e. The molecule has 2 rings (SSSR count). The summed E-state index contributed by atoms with van der Waals surface area (Å²) in [5, 5.41) is 0. The smallest absolute Gasteiger partial charge is 0.147 e. The molecule has 0 saturated heterocycles. The first-order chi connectivity index (χ1) is 11.5. The zero-order valence-electron chi connectivity index (χ0n) is 17.7. The molecule has 0 aromatic rings. The van der Waals surface area contributed by atoms with Gasteiger partial charge in [-0.1, -0.05) is 0 Å². The van der Waals surface area contributed by atoms with Crippen molar-refractivity contribution in [1.29, 1.82) is 0 Å². The van der Waals surface area contributed by atoms with Crippen molar-refractivity contribution in [3.05, 3.63) is 41.0 Å². The number of rotatable bonds is 9. The molecule has 0 heterocycles. The Labute approximate surface area is 183 Å². The molecular formula is C22H39Cl2SiZr. The molecule has 0 aromatic heterocycles. The Morgan fingerprint density at radius 2 is 1.19 bits per heavy atom. The van der Waals surface area contributed by atoms with E-state index < -0.39 is 26.8 Å². The van der Waals surface area contributed by atoms with Crippen molar-refractivity contribution in [3.63, 3.8) is 0 Å². The summed E-state index contributed by atoms with van der Waals surface area (Å²) in [6.07, 6.45) is 15.8. The molecule has 0 fully saturated rings. The molecule has 0 saturated carbocycles. The van der Waals surface area contributed by atoms with Crippen molar-refractivity contribution in [2.45, 2.75) is 92.2 Å². The van der Waals surface area contributed by atoms with E-state index in [2.05, 4.69) is 52.9 Å². The Balaban J connectivity index is 0.00000312. The van der Waals surface area contributed by atoms with Crippen molar-refractivity contribution in [2.75, 3.05) is 0 Å². The summed E-state index contributed by atoms with van der Waals surface area (Å²) in [5.41, 5.74) is 6.90. The van der Waals surface area contributed by atoms with Crippen LogP contribution in [0.4, 0.5) is 0 Å². The van der Waals surface area contributed by atoms with E-state index in [9.17, 15) is 0 Å². The fourth-order valence-electron chi connectivity index (χ4n) is 4.31. The molecule has 0 aliphatic heterocycles. The Morgan fingerprint density at radius 1 is 0.808 bits per heavy atom. The van der Waals surface area contributed by atoms with Gasteiger partial charge in [0.15, 0.2) is 0 Å². The van der Waals surface area contributed by atoms with E-state index in [-0.39, 0.29) is 24.8 Å². The molecule has 0 unspecified atom stereocenters. The van der Waals surface area contributed by atoms with Gasteiger partial charge in [0.1, 0.15) is 0 Å². The SMILES string of the molecule is CCCCC1=[C]([Zr]([C]2=C(CCCC)C(C)=CC2)[SiH](C)C)CC=C1C.Cl.Cl. The summed E-state index contributed by atoms with van der Waals surface area (Å²) in [6.45, 7) is 14.7. The number of unbranched alkanes of at least 4 members (excludes halogenated alkanes) is 2. The molecule has 0 atom stereocenters. The van der Waals surface area contributed by atoms with Gasteiger partial charge in [0, 0.05) is 0 Å². The van der Waals surface area contributed by atoms with Gasteiger partial charge in [0.25, 0.3) is 0 Å². The van der Waals surface area contributed by atoms with E-state index in [0.29, 0.717) is 0 Å². The van der Waals surface area contributed by atoms with Crippen molar-refractivity contribution in [3.8, 4) is 0 Å². The molecule has 0 spiro atoms. The second-order valence-corrected chi connectivity index (χ2v) is 27.1. The van der Waals surface area contributed by atoms with Gasteiger partial charge >= 0.3 is 160 Å². The third-order valence-electron chi connectivity index (χ3n) is 5.69. The summed E-state index contributed by atoms with van der Waals surface area (Å²) >= 11 is -1.60. The molecule has 2 aliphatic carbocycles. The van der Waals surface area contributed by atoms with E-state index in [1.54, 1.807) is 11.1 Å². The molecule has 0 amide bonds. The predicted molar refractivity (Wildman–Crippen MR) is 123 cm³/mol. The average molecular weight is 494 g/mol. The molecule has 4 heteroatoms. The number of halogens is 2. The summed E-state index contributed by atoms with van der Waals surface area (Å²) in [4.78, 5) is 0. The summed E-state index contributed by atoms with van der Waals surface area (Å²) in [5.74, 6) is -0.577. The van der Waals surface area contributed by atoms with Crippen LogP contribution in [0.15, 0.2) is 41.0 Å². The van der Waals surface area contributed by atoms with Gasteiger partial charge in [-0.25, -0.2) is 0 Å². The average Bonchev–Trinajstić information content (AvgIpc) is 3.08. The van der Waals surface area contributed by atoms with Crippen molar-refractivity contribution < 1.29 is 20.9 Å². The molecule has 0 bridgehead atoms. The van der Waals surface area contributed by atoms with Crippen molar-refractivity contribution in [1.82, 2.24) is 0 Å². The van der Waals surface area contributed by atoms with Gasteiger partial charge < -0.3 is 0 Å². The third kappa shape index (κ3) is 6.33. The fraction of sp³-hybridized carbons (Fsp3) is 0.636. The molecule has 0 aromatic carbocycles. The van der Waals surface area contributed by atoms with Gasteiger partial charge in [-0.05, 0) is 0 Å². The first-order valence-corrected chi connectivity index (χ1v) is 19.8. The maximum Gasteiger partial charge on any atom is -0.147 e. The molecule has 0 nitrogen and oxygen atoms in total. The molecular weight excluding hydrogens is 454 g/mol. The minimum atomic E-state index is -1.60. The third-order valence-corrected chi connectivity index (χ3v) is 25.2. The Morgan fingerprint density at radius 3 is 1.50 bits per heavy atom. The van der Waals surface area contributed by atoms with Crippen molar-refractivity contribution >= 4 is 30.7 Å². The van der Waals surface area contributed by atoms with Crippen LogP contribution in [0.1, 0.15) is 79.1 Å². The maximum absolute atomic E-state index is 2.66. The maximum atomic E-state index is 2.66. The van der Waals surface area contributed by atoms with Gasteiger partial charge in [-0.2, -0.15) is 0 Å². The Hall–Kier alpha value is 0.640. The second kappa shape index (κ2) is 13.0. The van der Waals surface area contributed by atoms with E-state index in [1.165, 1.54) is 51.4 Å². The normalized spacial score (nSPS) is 16.6. The van der Waals surface area contributed by atoms with Crippen LogP contribution in [0, 0.1) is 0 Å². The van der Waals surface area contributed by atoms with Gasteiger partial charge in [-0.15, -0.1) is 24.8 Å². The van der Waals surface area contributed by atoms with Crippen LogP contribution in [0.5, 0.6) is 0 Å². The zero-order chi connectivity index (χ0) is 17.7. The molecule has 149 valence electrons. The number of hydrogen-bond acceptors (Lipinski definition) is 0. The second-order valence-electron chi connectivity index (χ2n) is 7.87. The van der Waals surface area contributed by atoms with E-state index >= 15 is 0 Å². The Kier molecular flexibility index (Phi) is 13.3. The summed E-state index contributed by atoms with van der Waals surface area (Å²) in [7, 11) is 0. The number of allylic oxidation sites excluding steroid dienone is 8. The summed E-state index contributed by atoms with van der Waals surface area (Å²) in [6, 6.07) is 0. The standard InChI is InChI=1S/2C10H15.C2H7Si.2ClH.Zr/c2*1-3-4-7-10-8-5-6-9(10)2;1-3-2;;;/h2*6H,3-5,7H2,1-2H3;3H,1-2H3;2*1H;. The quantitative estimate of drug-likeness (QED) is 0.285. The largest absolute Gasteiger partial charge is 0.147 e. The Bertz CT molecular complexity index is 537. The summed E-state index contributed by atoms with van der Waals surface area (Å²) < 4.78 is 4.02. The van der Waals surface area contributed by atoms with Crippen molar-refractivity contribution in [2.24, 2.45) is 0 Å². The number of hydrogen-bond donors (Lipinski definition) is 0. The first-order valence-electron chi connectivity index (χ1n) is 10.2.